The van der Waals surface area contributed by atoms with E-state index >= 15 is 0 Å². The fourth-order valence-electron chi connectivity index (χ4n) is 1.35. The third-order valence-electron chi connectivity index (χ3n) is 2.24. The number of methoxy groups -OCH3 is 1. The van der Waals surface area contributed by atoms with Crippen LogP contribution in [0.2, 0.25) is 0 Å². The molecular formula is C9H17N5O3S. The second-order valence-corrected chi connectivity index (χ2v) is 5.55. The van der Waals surface area contributed by atoms with Crippen molar-refractivity contribution in [3.63, 3.8) is 0 Å². The first-order valence-corrected chi connectivity index (χ1v) is 6.88. The summed E-state index contributed by atoms with van der Waals surface area (Å²) in [6.45, 7) is 0.367. The number of nitrogens with two attached hydrogens (primary N) is 1. The van der Waals surface area contributed by atoms with Crippen molar-refractivity contribution in [3.05, 3.63) is 11.8 Å². The molecule has 0 saturated heterocycles. The Labute approximate surface area is 106 Å². The molecule has 0 radical (unpaired) electrons. The van der Waals surface area contributed by atoms with Crippen molar-refractivity contribution in [2.45, 2.75) is 6.42 Å². The molecule has 18 heavy (non-hydrogen) atoms. The molecule has 0 spiro atoms. The zero-order valence-electron chi connectivity index (χ0n) is 10.3. The van der Waals surface area contributed by atoms with Crippen LogP contribution in [0, 0.1) is 5.41 Å². The van der Waals surface area contributed by atoms with Crippen LogP contribution in [-0.2, 0) is 21.8 Å². The molecular weight excluding hydrogens is 258 g/mol. The summed E-state index contributed by atoms with van der Waals surface area (Å²) in [6.07, 6.45) is 1.73. The highest BCUT2D eigenvalue weighted by Gasteiger charge is 2.17. The molecule has 8 nitrogen and oxygen atoms in total. The average Bonchev–Trinajstić information content (AvgIpc) is 2.60. The minimum absolute atomic E-state index is 0.0661. The van der Waals surface area contributed by atoms with Gasteiger partial charge in [0.1, 0.15) is 11.7 Å². The SMILES string of the molecule is COCCCS(=O)(=O)Nc1c(C(=N)N)cnn1C. The van der Waals surface area contributed by atoms with E-state index in [0.717, 1.165) is 0 Å². The van der Waals surface area contributed by atoms with Crippen molar-refractivity contribution in [2.75, 3.05) is 24.2 Å². The third-order valence-corrected chi connectivity index (χ3v) is 3.57. The van der Waals surface area contributed by atoms with Gasteiger partial charge in [0.2, 0.25) is 10.0 Å². The molecule has 1 rings (SSSR count). The smallest absolute Gasteiger partial charge is 0.233 e. The zero-order valence-corrected chi connectivity index (χ0v) is 11.1. The van der Waals surface area contributed by atoms with Crippen molar-refractivity contribution in [2.24, 2.45) is 12.8 Å². The van der Waals surface area contributed by atoms with E-state index in [1.54, 1.807) is 7.05 Å². The van der Waals surface area contributed by atoms with Crippen LogP contribution in [0.5, 0.6) is 0 Å². The van der Waals surface area contributed by atoms with Crippen LogP contribution in [0.1, 0.15) is 12.0 Å². The summed E-state index contributed by atoms with van der Waals surface area (Å²) in [5.41, 5.74) is 5.60. The highest BCUT2D eigenvalue weighted by atomic mass is 32.2. The van der Waals surface area contributed by atoms with Crippen molar-refractivity contribution < 1.29 is 13.2 Å². The number of ether oxygens (including phenoxy) is 1. The first-order chi connectivity index (χ1) is 8.37. The zero-order chi connectivity index (χ0) is 13.8. The number of aryl methyl sites for hydroxylation is 1. The maximum Gasteiger partial charge on any atom is 0.233 e. The Morgan fingerprint density at radius 2 is 2.33 bits per heavy atom. The Balaban J connectivity index is 2.84. The van der Waals surface area contributed by atoms with Crippen molar-refractivity contribution >= 4 is 21.7 Å². The summed E-state index contributed by atoms with van der Waals surface area (Å²) in [6, 6.07) is 0. The summed E-state index contributed by atoms with van der Waals surface area (Å²) >= 11 is 0. The predicted octanol–water partition coefficient (Wildman–Crippen LogP) is -0.518. The summed E-state index contributed by atoms with van der Waals surface area (Å²) in [7, 11) is -0.421. The summed E-state index contributed by atoms with van der Waals surface area (Å²) in [5, 5.41) is 11.2. The van der Waals surface area contributed by atoms with Gasteiger partial charge >= 0.3 is 0 Å². The van der Waals surface area contributed by atoms with Gasteiger partial charge in [-0.1, -0.05) is 0 Å². The number of nitrogen functional groups attached to an aromatic ring is 1. The first kappa shape index (κ1) is 14.5. The van der Waals surface area contributed by atoms with E-state index in [9.17, 15) is 8.42 Å². The Morgan fingerprint density at radius 1 is 1.67 bits per heavy atom. The molecule has 9 heteroatoms. The second-order valence-electron chi connectivity index (χ2n) is 3.71. The number of rotatable bonds is 7. The predicted molar refractivity (Wildman–Crippen MR) is 68.1 cm³/mol. The fraction of sp³-hybridized carbons (Fsp3) is 0.556. The van der Waals surface area contributed by atoms with Crippen LogP contribution in [-0.4, -0.2) is 43.5 Å². The standard InChI is InChI=1S/C9H17N5O3S/c1-14-9(7(6-12-14)8(10)11)13-18(15,16)5-3-4-17-2/h6,13H,3-5H2,1-2H3,(H3,10,11). The van der Waals surface area contributed by atoms with Crippen LogP contribution in [0.3, 0.4) is 0 Å². The Hall–Kier alpha value is -1.61. The number of hydrogen-bond acceptors (Lipinski definition) is 5. The molecule has 0 bridgehead atoms. The number of sulfonamides is 1. The van der Waals surface area contributed by atoms with Crippen LogP contribution < -0.4 is 10.5 Å². The van der Waals surface area contributed by atoms with Gasteiger partial charge < -0.3 is 10.5 Å². The maximum atomic E-state index is 11.8. The molecule has 0 amide bonds. The largest absolute Gasteiger partial charge is 0.385 e. The number of amidine groups is 1. The lowest BCUT2D eigenvalue weighted by Gasteiger charge is -2.09. The number of hydrogen-bond donors (Lipinski definition) is 3. The lowest BCUT2D eigenvalue weighted by atomic mass is 10.3. The molecule has 1 aromatic rings. The van der Waals surface area contributed by atoms with Gasteiger partial charge in [-0.15, -0.1) is 0 Å². The topological polar surface area (TPSA) is 123 Å². The Bertz CT molecular complexity index is 522. The highest BCUT2D eigenvalue weighted by molar-refractivity contribution is 7.92. The molecule has 0 aliphatic heterocycles. The molecule has 0 atom stereocenters. The van der Waals surface area contributed by atoms with Crippen LogP contribution in [0.4, 0.5) is 5.82 Å². The van der Waals surface area contributed by atoms with Crippen LogP contribution in [0.15, 0.2) is 6.20 Å². The quantitative estimate of drug-likeness (QED) is 0.351. The van der Waals surface area contributed by atoms with Crippen LogP contribution in [0.25, 0.3) is 0 Å². The number of anilines is 1. The molecule has 102 valence electrons. The minimum atomic E-state index is -3.50. The highest BCUT2D eigenvalue weighted by Crippen LogP contribution is 2.15. The van der Waals surface area contributed by atoms with E-state index in [1.807, 2.05) is 0 Å². The lowest BCUT2D eigenvalue weighted by molar-refractivity contribution is 0.199. The van der Waals surface area contributed by atoms with Gasteiger partial charge in [-0.3, -0.25) is 14.8 Å². The molecule has 0 fully saturated rings. The van der Waals surface area contributed by atoms with Crippen molar-refractivity contribution in [3.8, 4) is 0 Å². The molecule has 0 saturated carbocycles. The maximum absolute atomic E-state index is 11.8. The van der Waals surface area contributed by atoms with Crippen LogP contribution >= 0.6 is 0 Å². The molecule has 0 aromatic carbocycles. The Kier molecular flexibility index (Phi) is 4.68. The molecule has 0 aliphatic rings. The fourth-order valence-corrected chi connectivity index (χ4v) is 2.48. The number of nitrogens with one attached hydrogen (secondary N) is 2. The van der Waals surface area contributed by atoms with E-state index in [1.165, 1.54) is 18.0 Å². The summed E-state index contributed by atoms with van der Waals surface area (Å²) in [5.74, 6) is -0.110. The van der Waals surface area contributed by atoms with Gasteiger partial charge in [0.15, 0.2) is 0 Å². The van der Waals surface area contributed by atoms with Gasteiger partial charge in [-0.2, -0.15) is 5.10 Å². The van der Waals surface area contributed by atoms with Gasteiger partial charge in [-0.25, -0.2) is 8.42 Å². The van der Waals surface area contributed by atoms with E-state index < -0.39 is 10.0 Å². The lowest BCUT2D eigenvalue weighted by Crippen LogP contribution is -2.22. The van der Waals surface area contributed by atoms with Gasteiger partial charge in [0.25, 0.3) is 0 Å². The third kappa shape index (κ3) is 3.70. The average molecular weight is 275 g/mol. The summed E-state index contributed by atoms with van der Waals surface area (Å²) < 4.78 is 32.1. The number of nitrogens with zero attached hydrogens (tertiary/aromatic N) is 2. The van der Waals surface area contributed by atoms with Gasteiger partial charge in [0.05, 0.1) is 17.5 Å². The normalized spacial score (nSPS) is 11.4. The van der Waals surface area contributed by atoms with E-state index in [4.69, 9.17) is 15.9 Å². The van der Waals surface area contributed by atoms with Crippen molar-refractivity contribution in [1.82, 2.24) is 9.78 Å². The molecule has 4 N–H and O–H groups in total. The second kappa shape index (κ2) is 5.83. The molecule has 0 unspecified atom stereocenters. The first-order valence-electron chi connectivity index (χ1n) is 5.23. The molecule has 1 aromatic heterocycles. The summed E-state index contributed by atoms with van der Waals surface area (Å²) in [4.78, 5) is 0. The van der Waals surface area contributed by atoms with Crippen molar-refractivity contribution in [1.29, 1.82) is 5.41 Å². The van der Waals surface area contributed by atoms with E-state index in [-0.39, 0.29) is 23.0 Å². The van der Waals surface area contributed by atoms with Gasteiger partial charge in [0, 0.05) is 20.8 Å². The minimum Gasteiger partial charge on any atom is -0.385 e. The van der Waals surface area contributed by atoms with E-state index in [2.05, 4.69) is 9.82 Å². The molecule has 0 aliphatic carbocycles. The number of aromatic nitrogens is 2. The van der Waals surface area contributed by atoms with E-state index in [0.29, 0.717) is 13.0 Å². The Morgan fingerprint density at radius 3 is 2.89 bits per heavy atom. The molecule has 1 heterocycles. The van der Waals surface area contributed by atoms with Gasteiger partial charge in [-0.05, 0) is 6.42 Å². The monoisotopic (exact) mass is 275 g/mol.